The van der Waals surface area contributed by atoms with Gasteiger partial charge in [-0.2, -0.15) is 0 Å². The fraction of sp³-hybridized carbons (Fsp3) is 0.435. The van der Waals surface area contributed by atoms with Gasteiger partial charge in [-0.3, -0.25) is 4.79 Å². The third-order valence-corrected chi connectivity index (χ3v) is 5.46. The molecule has 2 N–H and O–H groups in total. The summed E-state index contributed by atoms with van der Waals surface area (Å²) in [7, 11) is 0. The summed E-state index contributed by atoms with van der Waals surface area (Å²) in [6.07, 6.45) is 0.996. The van der Waals surface area contributed by atoms with Crippen molar-refractivity contribution < 1.29 is 4.79 Å². The summed E-state index contributed by atoms with van der Waals surface area (Å²) in [5, 5.41) is 6.26. The number of aryl methyl sites for hydroxylation is 1. The smallest absolute Gasteiger partial charge is 0.246 e. The monoisotopic (exact) mass is 380 g/mol. The summed E-state index contributed by atoms with van der Waals surface area (Å²) in [5.41, 5.74) is 4.30. The summed E-state index contributed by atoms with van der Waals surface area (Å²) in [4.78, 5) is 17.4. The molecule has 5 nitrogen and oxygen atoms in total. The van der Waals surface area contributed by atoms with Crippen LogP contribution < -0.4 is 15.5 Å². The lowest BCUT2D eigenvalue weighted by Crippen LogP contribution is -2.46. The Hall–Kier alpha value is -2.53. The topological polar surface area (TPSA) is 47.6 Å². The summed E-state index contributed by atoms with van der Waals surface area (Å²) in [5.74, 6) is -0.0380. The number of hydrogen-bond acceptors (Lipinski definition) is 4. The van der Waals surface area contributed by atoms with Gasteiger partial charge in [0.05, 0.1) is 0 Å². The van der Waals surface area contributed by atoms with E-state index in [4.69, 9.17) is 0 Å². The van der Waals surface area contributed by atoms with Gasteiger partial charge in [0.25, 0.3) is 0 Å². The second-order valence-electron chi connectivity index (χ2n) is 7.37. The van der Waals surface area contributed by atoms with E-state index in [1.807, 2.05) is 31.2 Å². The van der Waals surface area contributed by atoms with Crippen molar-refractivity contribution in [3.8, 4) is 0 Å². The molecule has 2 aromatic carbocycles. The van der Waals surface area contributed by atoms with Gasteiger partial charge in [-0.25, -0.2) is 0 Å². The molecule has 1 saturated heterocycles. The average Bonchev–Trinajstić information content (AvgIpc) is 2.75. The molecule has 2 aromatic rings. The van der Waals surface area contributed by atoms with Gasteiger partial charge >= 0.3 is 0 Å². The van der Waals surface area contributed by atoms with Gasteiger partial charge in [-0.15, -0.1) is 0 Å². The van der Waals surface area contributed by atoms with Gasteiger partial charge < -0.3 is 20.4 Å². The van der Waals surface area contributed by atoms with Crippen molar-refractivity contribution in [1.82, 2.24) is 4.90 Å². The van der Waals surface area contributed by atoms with Gasteiger partial charge in [0, 0.05) is 43.2 Å². The first-order valence-corrected chi connectivity index (χ1v) is 10.3. The molecule has 1 fully saturated rings. The first-order chi connectivity index (χ1) is 13.6. The van der Waals surface area contributed by atoms with Crippen molar-refractivity contribution in [1.29, 1.82) is 0 Å². The largest absolute Gasteiger partial charge is 0.374 e. The summed E-state index contributed by atoms with van der Waals surface area (Å²) >= 11 is 0. The third kappa shape index (κ3) is 5.26. The average molecular weight is 381 g/mol. The van der Waals surface area contributed by atoms with Crippen LogP contribution in [0.1, 0.15) is 26.3 Å². The highest BCUT2D eigenvalue weighted by Gasteiger charge is 2.16. The van der Waals surface area contributed by atoms with E-state index in [1.54, 1.807) is 0 Å². The molecule has 1 amide bonds. The molecular formula is C23H32N4O. The zero-order valence-electron chi connectivity index (χ0n) is 17.2. The lowest BCUT2D eigenvalue weighted by molar-refractivity contribution is -0.116. The van der Waals surface area contributed by atoms with Crippen LogP contribution in [0.4, 0.5) is 17.1 Å². The Labute approximate surface area is 168 Å². The molecule has 0 unspecified atom stereocenters. The Morgan fingerprint density at radius 1 is 0.929 bits per heavy atom. The number of anilines is 3. The van der Waals surface area contributed by atoms with Crippen molar-refractivity contribution in [2.24, 2.45) is 0 Å². The molecule has 1 aliphatic rings. The Morgan fingerprint density at radius 2 is 1.54 bits per heavy atom. The van der Waals surface area contributed by atoms with E-state index in [9.17, 15) is 4.79 Å². The van der Waals surface area contributed by atoms with Crippen molar-refractivity contribution in [3.63, 3.8) is 0 Å². The molecule has 150 valence electrons. The maximum atomic E-state index is 12.5. The molecule has 0 aliphatic carbocycles. The summed E-state index contributed by atoms with van der Waals surface area (Å²) in [6, 6.07) is 16.1. The van der Waals surface area contributed by atoms with E-state index in [1.165, 1.54) is 11.3 Å². The molecule has 1 heterocycles. The minimum absolute atomic E-state index is 0.0380. The highest BCUT2D eigenvalue weighted by atomic mass is 16.2. The first-order valence-electron chi connectivity index (χ1n) is 10.3. The zero-order chi connectivity index (χ0) is 19.9. The highest BCUT2D eigenvalue weighted by Crippen LogP contribution is 2.20. The van der Waals surface area contributed by atoms with Crippen LogP contribution in [0.25, 0.3) is 0 Å². The van der Waals surface area contributed by atoms with Gasteiger partial charge in [-0.1, -0.05) is 26.0 Å². The molecule has 28 heavy (non-hydrogen) atoms. The fourth-order valence-corrected chi connectivity index (χ4v) is 3.48. The van der Waals surface area contributed by atoms with Crippen molar-refractivity contribution in [2.75, 3.05) is 48.3 Å². The number of piperazine rings is 1. The predicted molar refractivity (Wildman–Crippen MR) is 118 cm³/mol. The van der Waals surface area contributed by atoms with E-state index in [0.29, 0.717) is 0 Å². The van der Waals surface area contributed by atoms with Crippen LogP contribution >= 0.6 is 0 Å². The Morgan fingerprint density at radius 3 is 2.11 bits per heavy atom. The quantitative estimate of drug-likeness (QED) is 0.766. The minimum Gasteiger partial charge on any atom is -0.374 e. The summed E-state index contributed by atoms with van der Waals surface area (Å²) in [6.45, 7) is 11.7. The van der Waals surface area contributed by atoms with E-state index in [2.05, 4.69) is 58.5 Å². The number of benzene rings is 2. The van der Waals surface area contributed by atoms with Crippen molar-refractivity contribution in [3.05, 3.63) is 54.1 Å². The zero-order valence-corrected chi connectivity index (χ0v) is 17.2. The Bertz CT molecular complexity index is 749. The second kappa shape index (κ2) is 9.60. The van der Waals surface area contributed by atoms with Crippen molar-refractivity contribution >= 4 is 23.0 Å². The Kier molecular flexibility index (Phi) is 6.93. The van der Waals surface area contributed by atoms with Crippen LogP contribution in [0.2, 0.25) is 0 Å². The molecule has 3 rings (SSSR count). The van der Waals surface area contributed by atoms with Crippen LogP contribution in [0, 0.1) is 0 Å². The molecular weight excluding hydrogens is 348 g/mol. The van der Waals surface area contributed by atoms with E-state index >= 15 is 0 Å². The van der Waals surface area contributed by atoms with Gasteiger partial charge in [0.2, 0.25) is 5.91 Å². The number of carbonyl (C=O) groups is 1. The van der Waals surface area contributed by atoms with E-state index < -0.39 is 0 Å². The molecule has 0 saturated carbocycles. The molecule has 0 bridgehead atoms. The molecule has 1 aliphatic heterocycles. The normalized spacial score (nSPS) is 15.9. The highest BCUT2D eigenvalue weighted by molar-refractivity contribution is 5.96. The molecule has 0 aromatic heterocycles. The standard InChI is InChI=1S/C23H32N4O/c1-4-19-6-8-21(9-7-19)25-23(28)18(3)24-20-10-12-22(13-11-20)27-16-14-26(5-2)15-17-27/h6-13,18,24H,4-5,14-17H2,1-3H3,(H,25,28)/t18-/m1/s1. The van der Waals surface area contributed by atoms with Crippen molar-refractivity contribution in [2.45, 2.75) is 33.2 Å². The van der Waals surface area contributed by atoms with Gasteiger partial charge in [-0.05, 0) is 61.9 Å². The first kappa shape index (κ1) is 20.2. The predicted octanol–water partition coefficient (Wildman–Crippen LogP) is 3.83. The van der Waals surface area contributed by atoms with Crippen LogP contribution in [0.3, 0.4) is 0 Å². The molecule has 0 radical (unpaired) electrons. The number of likely N-dealkylation sites (N-methyl/N-ethyl adjacent to an activating group) is 1. The lowest BCUT2D eigenvalue weighted by Gasteiger charge is -2.35. The van der Waals surface area contributed by atoms with E-state index in [-0.39, 0.29) is 11.9 Å². The third-order valence-electron chi connectivity index (χ3n) is 5.46. The lowest BCUT2D eigenvalue weighted by atomic mass is 10.1. The van der Waals surface area contributed by atoms with Crippen LogP contribution in [0.15, 0.2) is 48.5 Å². The molecule has 0 spiro atoms. The van der Waals surface area contributed by atoms with Crippen LogP contribution in [-0.2, 0) is 11.2 Å². The van der Waals surface area contributed by atoms with Gasteiger partial charge in [0.15, 0.2) is 0 Å². The van der Waals surface area contributed by atoms with Crippen LogP contribution in [0.5, 0.6) is 0 Å². The number of rotatable bonds is 7. The maximum Gasteiger partial charge on any atom is 0.246 e. The number of nitrogens with one attached hydrogen (secondary N) is 2. The number of carbonyl (C=O) groups excluding carboxylic acids is 1. The summed E-state index contributed by atoms with van der Waals surface area (Å²) < 4.78 is 0. The minimum atomic E-state index is -0.315. The van der Waals surface area contributed by atoms with E-state index in [0.717, 1.165) is 50.5 Å². The fourth-order valence-electron chi connectivity index (χ4n) is 3.48. The second-order valence-corrected chi connectivity index (χ2v) is 7.37. The van der Waals surface area contributed by atoms with Crippen LogP contribution in [-0.4, -0.2) is 49.6 Å². The molecule has 5 heteroatoms. The number of hydrogen-bond donors (Lipinski definition) is 2. The SMILES string of the molecule is CCc1ccc(NC(=O)[C@@H](C)Nc2ccc(N3CCN(CC)CC3)cc2)cc1. The van der Waals surface area contributed by atoms with Gasteiger partial charge in [0.1, 0.15) is 6.04 Å². The number of amides is 1. The Balaban J connectivity index is 1.52. The number of nitrogens with zero attached hydrogens (tertiary/aromatic N) is 2. The molecule has 1 atom stereocenters. The maximum absolute atomic E-state index is 12.5.